The van der Waals surface area contributed by atoms with Gasteiger partial charge in [0.25, 0.3) is 0 Å². The van der Waals surface area contributed by atoms with E-state index in [4.69, 9.17) is 27.9 Å². The minimum absolute atomic E-state index is 0.00582. The molecular weight excluding hydrogens is 373 g/mol. The molecule has 4 nitrogen and oxygen atoms in total. The molecule has 1 unspecified atom stereocenters. The molecule has 1 heterocycles. The van der Waals surface area contributed by atoms with Gasteiger partial charge in [0.15, 0.2) is 0 Å². The highest BCUT2D eigenvalue weighted by atomic mass is 79.9. The van der Waals surface area contributed by atoms with Crippen LogP contribution in [-0.4, -0.2) is 33.5 Å². The van der Waals surface area contributed by atoms with Crippen LogP contribution in [0.4, 0.5) is 0 Å². The van der Waals surface area contributed by atoms with Gasteiger partial charge in [-0.1, -0.05) is 39.1 Å². The fourth-order valence-electron chi connectivity index (χ4n) is 1.03. The molecule has 0 aliphatic rings. The third kappa shape index (κ3) is 4.66. The van der Waals surface area contributed by atoms with Crippen molar-refractivity contribution in [1.82, 2.24) is 4.72 Å². The Morgan fingerprint density at radius 3 is 2.71 bits per heavy atom. The lowest BCUT2D eigenvalue weighted by Crippen LogP contribution is -2.31. The lowest BCUT2D eigenvalue weighted by atomic mass is 10.5. The Balaban J connectivity index is 2.73. The molecule has 17 heavy (non-hydrogen) atoms. The Morgan fingerprint density at radius 2 is 2.24 bits per heavy atom. The third-order valence-corrected chi connectivity index (χ3v) is 5.52. The van der Waals surface area contributed by atoms with Crippen molar-refractivity contribution in [3.05, 3.63) is 14.7 Å². The molecule has 0 saturated heterocycles. The molecule has 1 N–H and O–H groups in total. The Labute approximate surface area is 122 Å². The summed E-state index contributed by atoms with van der Waals surface area (Å²) in [6, 6.07) is 1.33. The van der Waals surface area contributed by atoms with E-state index in [9.17, 15) is 8.42 Å². The highest BCUT2D eigenvalue weighted by molar-refractivity contribution is 9.09. The summed E-state index contributed by atoms with van der Waals surface area (Å²) in [4.78, 5) is -0.0959. The number of nitrogens with one attached hydrogen (secondary N) is 1. The molecule has 0 fully saturated rings. The minimum atomic E-state index is -3.63. The minimum Gasteiger partial charge on any atom is -0.383 e. The van der Waals surface area contributed by atoms with Crippen LogP contribution in [0.25, 0.3) is 0 Å². The molecule has 0 bridgehead atoms. The van der Waals surface area contributed by atoms with Gasteiger partial charge in [0.2, 0.25) is 10.0 Å². The Hall–Kier alpha value is 0.630. The van der Waals surface area contributed by atoms with Crippen molar-refractivity contribution in [3.63, 3.8) is 0 Å². The van der Waals surface area contributed by atoms with Crippen molar-refractivity contribution in [1.29, 1.82) is 0 Å². The number of hydrogen-bond donors (Lipinski definition) is 1. The number of rotatable bonds is 6. The van der Waals surface area contributed by atoms with E-state index in [1.54, 1.807) is 0 Å². The van der Waals surface area contributed by atoms with Crippen LogP contribution in [0.1, 0.15) is 0 Å². The molecular formula is C8H10BrCl2NO3S2. The lowest BCUT2D eigenvalue weighted by Gasteiger charge is -2.10. The van der Waals surface area contributed by atoms with Crippen LogP contribution in [0.3, 0.4) is 0 Å². The van der Waals surface area contributed by atoms with Crippen LogP contribution in [0.2, 0.25) is 8.67 Å². The number of ether oxygens (including phenoxy) is 1. The molecule has 1 atom stereocenters. The fourth-order valence-corrected chi connectivity index (χ4v) is 4.90. The van der Waals surface area contributed by atoms with E-state index in [1.807, 2.05) is 0 Å². The number of hydrogen-bond acceptors (Lipinski definition) is 4. The van der Waals surface area contributed by atoms with Gasteiger partial charge < -0.3 is 4.74 Å². The number of alkyl halides is 1. The maximum Gasteiger partial charge on any atom is 0.242 e. The molecule has 0 radical (unpaired) electrons. The van der Waals surface area contributed by atoms with Crippen molar-refractivity contribution in [3.8, 4) is 0 Å². The first kappa shape index (κ1) is 15.7. The van der Waals surface area contributed by atoms with Crippen molar-refractivity contribution < 1.29 is 13.2 Å². The fraction of sp³-hybridized carbons (Fsp3) is 0.500. The highest BCUT2D eigenvalue weighted by Gasteiger charge is 2.21. The third-order valence-electron chi connectivity index (χ3n) is 1.76. The van der Waals surface area contributed by atoms with E-state index >= 15 is 0 Å². The lowest BCUT2D eigenvalue weighted by molar-refractivity contribution is 0.201. The Morgan fingerprint density at radius 1 is 1.59 bits per heavy atom. The first-order valence-corrected chi connectivity index (χ1v) is 8.41. The average Bonchev–Trinajstić information content (AvgIpc) is 2.56. The van der Waals surface area contributed by atoms with Crippen molar-refractivity contribution in [2.24, 2.45) is 0 Å². The predicted octanol–water partition coefficient (Wildman–Crippen LogP) is 2.74. The van der Waals surface area contributed by atoms with Crippen molar-refractivity contribution >= 4 is 60.5 Å². The van der Waals surface area contributed by atoms with E-state index in [0.717, 1.165) is 11.3 Å². The molecule has 0 amide bonds. The summed E-state index contributed by atoms with van der Waals surface area (Å²) in [5.74, 6) is 0. The summed E-state index contributed by atoms with van der Waals surface area (Å²) in [6.45, 7) is 0.612. The number of sulfonamides is 1. The summed E-state index contributed by atoms with van der Waals surface area (Å²) in [7, 11) is -2.09. The molecule has 9 heteroatoms. The average molecular weight is 383 g/mol. The zero-order valence-electron chi connectivity index (χ0n) is 8.74. The number of methoxy groups -OCH3 is 1. The molecule has 0 aliphatic heterocycles. The van der Waals surface area contributed by atoms with Gasteiger partial charge in [-0.3, -0.25) is 0 Å². The summed E-state index contributed by atoms with van der Waals surface area (Å²) in [5, 5.41) is 0. The summed E-state index contributed by atoms with van der Waals surface area (Å²) < 4.78 is 31.5. The SMILES string of the molecule is COCC(Br)CNS(=O)(=O)c1cc(Cl)sc1Cl. The van der Waals surface area contributed by atoms with E-state index in [-0.39, 0.29) is 20.6 Å². The van der Waals surface area contributed by atoms with E-state index < -0.39 is 10.0 Å². The highest BCUT2D eigenvalue weighted by Crippen LogP contribution is 2.34. The van der Waals surface area contributed by atoms with Gasteiger partial charge in [0.05, 0.1) is 15.8 Å². The second kappa shape index (κ2) is 6.70. The van der Waals surface area contributed by atoms with Gasteiger partial charge in [-0.05, 0) is 6.07 Å². The number of thiophene rings is 1. The smallest absolute Gasteiger partial charge is 0.242 e. The molecule has 1 aromatic rings. The van der Waals surface area contributed by atoms with E-state index in [0.29, 0.717) is 10.9 Å². The summed E-state index contributed by atoms with van der Waals surface area (Å²) in [6.07, 6.45) is 0. The van der Waals surface area contributed by atoms with Crippen molar-refractivity contribution in [2.75, 3.05) is 20.3 Å². The molecule has 98 valence electrons. The van der Waals surface area contributed by atoms with Crippen LogP contribution in [-0.2, 0) is 14.8 Å². The monoisotopic (exact) mass is 381 g/mol. The summed E-state index contributed by atoms with van der Waals surface area (Å²) in [5.41, 5.74) is 0. The molecule has 0 spiro atoms. The van der Waals surface area contributed by atoms with E-state index in [1.165, 1.54) is 13.2 Å². The maximum atomic E-state index is 11.9. The molecule has 1 aromatic heterocycles. The zero-order valence-corrected chi connectivity index (χ0v) is 13.5. The second-order valence-electron chi connectivity index (χ2n) is 3.09. The van der Waals surface area contributed by atoms with Crippen LogP contribution in [0, 0.1) is 0 Å². The van der Waals surface area contributed by atoms with Crippen LogP contribution >= 0.6 is 50.5 Å². The number of halogens is 3. The molecule has 1 rings (SSSR count). The largest absolute Gasteiger partial charge is 0.383 e. The quantitative estimate of drug-likeness (QED) is 0.769. The first-order chi connectivity index (χ1) is 7.86. The Bertz CT molecular complexity index is 477. The normalized spacial score (nSPS) is 13.9. The van der Waals surface area contributed by atoms with Gasteiger partial charge in [0.1, 0.15) is 9.23 Å². The maximum absolute atomic E-state index is 11.9. The molecule has 0 saturated carbocycles. The molecule has 0 aromatic carbocycles. The topological polar surface area (TPSA) is 55.4 Å². The van der Waals surface area contributed by atoms with Gasteiger partial charge in [-0.2, -0.15) is 0 Å². The Kier molecular flexibility index (Phi) is 6.18. The molecule has 0 aliphatic carbocycles. The van der Waals surface area contributed by atoms with Crippen molar-refractivity contribution in [2.45, 2.75) is 9.72 Å². The van der Waals surface area contributed by atoms with Gasteiger partial charge in [-0.25, -0.2) is 13.1 Å². The van der Waals surface area contributed by atoms with Gasteiger partial charge in [0, 0.05) is 13.7 Å². The predicted molar refractivity (Wildman–Crippen MR) is 74.1 cm³/mol. The summed E-state index contributed by atoms with van der Waals surface area (Å²) >= 11 is 15.8. The van der Waals surface area contributed by atoms with Crippen LogP contribution in [0.5, 0.6) is 0 Å². The standard InChI is InChI=1S/C8H10BrCl2NO3S2/c1-15-4-5(9)3-12-17(13,14)6-2-7(10)16-8(6)11/h2,5,12H,3-4H2,1H3. The second-order valence-corrected chi connectivity index (χ2v) is 8.41. The van der Waals surface area contributed by atoms with Gasteiger partial charge in [-0.15, -0.1) is 11.3 Å². The van der Waals surface area contributed by atoms with Crippen LogP contribution in [0.15, 0.2) is 11.0 Å². The zero-order chi connectivity index (χ0) is 13.1. The van der Waals surface area contributed by atoms with E-state index in [2.05, 4.69) is 20.7 Å². The van der Waals surface area contributed by atoms with Crippen LogP contribution < -0.4 is 4.72 Å². The van der Waals surface area contributed by atoms with Gasteiger partial charge >= 0.3 is 0 Å². The first-order valence-electron chi connectivity index (χ1n) is 4.44.